The quantitative estimate of drug-likeness (QED) is 0.300. The van der Waals surface area contributed by atoms with Gasteiger partial charge in [0.1, 0.15) is 0 Å². The Bertz CT molecular complexity index is 1170. The number of Topliss-reactive ketones (excluding diaryl/α,β-unsaturated/α-hetero) is 1. The predicted octanol–water partition coefficient (Wildman–Crippen LogP) is 6.24. The van der Waals surface area contributed by atoms with E-state index in [9.17, 15) is 27.6 Å². The summed E-state index contributed by atoms with van der Waals surface area (Å²) in [6.07, 6.45) is -6.59. The topological polar surface area (TPSA) is 72.5 Å². The third-order valence-corrected chi connectivity index (χ3v) is 5.10. The molecule has 0 radical (unpaired) electrons. The third kappa shape index (κ3) is 6.68. The zero-order valence-corrected chi connectivity index (χ0v) is 18.4. The summed E-state index contributed by atoms with van der Waals surface area (Å²) in [6, 6.07) is 19.2. The summed E-state index contributed by atoms with van der Waals surface area (Å²) < 4.78 is 44.1. The van der Waals surface area contributed by atoms with E-state index in [2.05, 4.69) is 5.32 Å². The number of alkyl halides is 3. The zero-order valence-electron chi connectivity index (χ0n) is 17.6. The Morgan fingerprint density at radius 2 is 1.50 bits per heavy atom. The van der Waals surface area contributed by atoms with Gasteiger partial charge >= 0.3 is 12.1 Å². The maximum atomic E-state index is 12.9. The van der Waals surface area contributed by atoms with E-state index in [0.717, 1.165) is 12.1 Å². The molecule has 0 bridgehead atoms. The molecule has 0 spiro atoms. The lowest BCUT2D eigenvalue weighted by atomic mass is 10.00. The summed E-state index contributed by atoms with van der Waals surface area (Å²) in [5.41, 5.74) is -0.390. The smallest absolute Gasteiger partial charge is 0.416 e. The van der Waals surface area contributed by atoms with Gasteiger partial charge in [0.15, 0.2) is 6.10 Å². The molecule has 5 nitrogen and oxygen atoms in total. The Kier molecular flexibility index (Phi) is 8.07. The van der Waals surface area contributed by atoms with Gasteiger partial charge in [0, 0.05) is 17.5 Å². The van der Waals surface area contributed by atoms with Crippen LogP contribution in [0.25, 0.3) is 0 Å². The molecule has 0 aliphatic carbocycles. The van der Waals surface area contributed by atoms with E-state index < -0.39 is 41.9 Å². The highest BCUT2D eigenvalue weighted by Crippen LogP contribution is 2.34. The first kappa shape index (κ1) is 25.0. The van der Waals surface area contributed by atoms with Gasteiger partial charge in [-0.05, 0) is 18.2 Å². The van der Waals surface area contributed by atoms with Gasteiger partial charge in [0.2, 0.25) is 11.7 Å². The number of amides is 1. The number of carbonyl (C=O) groups excluding carboxylic acids is 3. The summed E-state index contributed by atoms with van der Waals surface area (Å²) in [6.45, 7) is 0. The lowest BCUT2D eigenvalue weighted by molar-refractivity contribution is -0.148. The number of anilines is 1. The molecule has 0 aliphatic heterocycles. The van der Waals surface area contributed by atoms with E-state index in [-0.39, 0.29) is 17.1 Å². The van der Waals surface area contributed by atoms with Gasteiger partial charge in [0.05, 0.1) is 22.7 Å². The number of hydrogen-bond donors (Lipinski definition) is 1. The Balaban J connectivity index is 1.65. The van der Waals surface area contributed by atoms with Crippen molar-refractivity contribution >= 4 is 34.9 Å². The van der Waals surface area contributed by atoms with E-state index in [1.807, 2.05) is 0 Å². The van der Waals surface area contributed by atoms with Crippen molar-refractivity contribution in [3.8, 4) is 0 Å². The number of carbonyl (C=O) groups is 3. The Morgan fingerprint density at radius 1 is 0.882 bits per heavy atom. The van der Waals surface area contributed by atoms with Crippen molar-refractivity contribution in [2.24, 2.45) is 0 Å². The second kappa shape index (κ2) is 11.0. The molecule has 0 heterocycles. The van der Waals surface area contributed by atoms with Gasteiger partial charge in [0.25, 0.3) is 0 Å². The number of nitrogens with one attached hydrogen (secondary N) is 1. The fourth-order valence-electron chi connectivity index (χ4n) is 3.07. The van der Waals surface area contributed by atoms with Crippen LogP contribution in [0.15, 0.2) is 78.9 Å². The van der Waals surface area contributed by atoms with Crippen molar-refractivity contribution in [3.05, 3.63) is 101 Å². The first-order valence-corrected chi connectivity index (χ1v) is 10.5. The summed E-state index contributed by atoms with van der Waals surface area (Å²) in [5, 5.41) is 2.18. The third-order valence-electron chi connectivity index (χ3n) is 4.77. The SMILES string of the molecule is O=C(CCC(=O)O[C@@H](C(=O)c1ccccc1)c1ccccc1)Nc1cc(C(F)(F)F)ccc1Cl. The number of benzene rings is 3. The Labute approximate surface area is 198 Å². The largest absolute Gasteiger partial charge is 0.449 e. The minimum absolute atomic E-state index is 0.0819. The van der Waals surface area contributed by atoms with Crippen LogP contribution in [0.4, 0.5) is 18.9 Å². The summed E-state index contributed by atoms with van der Waals surface area (Å²) >= 11 is 5.87. The molecule has 1 amide bonds. The minimum Gasteiger partial charge on any atom is -0.449 e. The molecular formula is C25H19ClF3NO4. The van der Waals surface area contributed by atoms with Crippen LogP contribution in [0, 0.1) is 0 Å². The Hall–Kier alpha value is -3.65. The van der Waals surface area contributed by atoms with Crippen LogP contribution in [-0.2, 0) is 20.5 Å². The standard InChI is InChI=1S/C25H19ClF3NO4/c26-19-12-11-18(25(27,28)29)15-20(19)30-21(31)13-14-22(32)34-24(17-9-5-2-6-10-17)23(33)16-7-3-1-4-8-16/h1-12,15,24H,13-14H2,(H,30,31)/t24-/m1/s1. The molecule has 0 fully saturated rings. The fourth-order valence-corrected chi connectivity index (χ4v) is 3.24. The molecule has 3 aromatic rings. The fraction of sp³-hybridized carbons (Fsp3) is 0.160. The lowest BCUT2D eigenvalue weighted by Crippen LogP contribution is -2.21. The van der Waals surface area contributed by atoms with Crippen molar-refractivity contribution in [2.75, 3.05) is 5.32 Å². The molecule has 1 atom stereocenters. The molecule has 0 saturated carbocycles. The average molecular weight is 490 g/mol. The highest BCUT2D eigenvalue weighted by atomic mass is 35.5. The summed E-state index contributed by atoms with van der Waals surface area (Å²) in [7, 11) is 0. The van der Waals surface area contributed by atoms with Crippen LogP contribution in [0.3, 0.4) is 0 Å². The van der Waals surface area contributed by atoms with Crippen LogP contribution in [0.1, 0.15) is 40.4 Å². The van der Waals surface area contributed by atoms with Crippen molar-refractivity contribution in [1.82, 2.24) is 0 Å². The summed E-state index contributed by atoms with van der Waals surface area (Å²) in [4.78, 5) is 37.6. The molecule has 9 heteroatoms. The molecule has 0 aliphatic rings. The van der Waals surface area contributed by atoms with Crippen LogP contribution >= 0.6 is 11.6 Å². The maximum Gasteiger partial charge on any atom is 0.416 e. The van der Waals surface area contributed by atoms with Gasteiger partial charge in [-0.1, -0.05) is 72.3 Å². The van der Waals surface area contributed by atoms with Gasteiger partial charge in [-0.3, -0.25) is 14.4 Å². The number of rotatable bonds is 8. The van der Waals surface area contributed by atoms with Crippen molar-refractivity contribution < 1.29 is 32.3 Å². The van der Waals surface area contributed by atoms with Gasteiger partial charge in [-0.25, -0.2) is 0 Å². The predicted molar refractivity (Wildman–Crippen MR) is 120 cm³/mol. The second-order valence-corrected chi connectivity index (χ2v) is 7.66. The number of halogens is 4. The van der Waals surface area contributed by atoms with Gasteiger partial charge in [-0.2, -0.15) is 13.2 Å². The molecule has 1 N–H and O–H groups in total. The first-order chi connectivity index (χ1) is 16.1. The van der Waals surface area contributed by atoms with Crippen molar-refractivity contribution in [1.29, 1.82) is 0 Å². The van der Waals surface area contributed by atoms with E-state index in [1.54, 1.807) is 60.7 Å². The summed E-state index contributed by atoms with van der Waals surface area (Å²) in [5.74, 6) is -1.98. The van der Waals surface area contributed by atoms with Crippen LogP contribution in [0.2, 0.25) is 5.02 Å². The molecule has 3 aromatic carbocycles. The maximum absolute atomic E-state index is 12.9. The number of hydrogen-bond acceptors (Lipinski definition) is 4. The monoisotopic (exact) mass is 489 g/mol. The minimum atomic E-state index is -4.61. The second-order valence-electron chi connectivity index (χ2n) is 7.25. The molecule has 0 unspecified atom stereocenters. The Morgan fingerprint density at radius 3 is 2.12 bits per heavy atom. The number of esters is 1. The van der Waals surface area contributed by atoms with E-state index in [1.165, 1.54) is 0 Å². The van der Waals surface area contributed by atoms with Crippen LogP contribution in [0.5, 0.6) is 0 Å². The molecule has 3 rings (SSSR count). The number of ketones is 1. The zero-order chi connectivity index (χ0) is 24.7. The van der Waals surface area contributed by atoms with Crippen molar-refractivity contribution in [2.45, 2.75) is 25.1 Å². The molecule has 0 saturated heterocycles. The lowest BCUT2D eigenvalue weighted by Gasteiger charge is -2.17. The normalized spacial score (nSPS) is 12.0. The number of ether oxygens (including phenoxy) is 1. The highest BCUT2D eigenvalue weighted by molar-refractivity contribution is 6.33. The van der Waals surface area contributed by atoms with Gasteiger partial charge < -0.3 is 10.1 Å². The van der Waals surface area contributed by atoms with E-state index in [4.69, 9.17) is 16.3 Å². The molecule has 0 aromatic heterocycles. The molecule has 176 valence electrons. The first-order valence-electron chi connectivity index (χ1n) is 10.2. The molecule has 34 heavy (non-hydrogen) atoms. The molecular weight excluding hydrogens is 471 g/mol. The van der Waals surface area contributed by atoms with E-state index >= 15 is 0 Å². The van der Waals surface area contributed by atoms with Crippen LogP contribution in [-0.4, -0.2) is 17.7 Å². The van der Waals surface area contributed by atoms with Gasteiger partial charge in [-0.15, -0.1) is 0 Å². The average Bonchev–Trinajstić information content (AvgIpc) is 2.82. The van der Waals surface area contributed by atoms with Crippen molar-refractivity contribution in [3.63, 3.8) is 0 Å². The highest BCUT2D eigenvalue weighted by Gasteiger charge is 2.31. The van der Waals surface area contributed by atoms with Crippen LogP contribution < -0.4 is 5.32 Å². The van der Waals surface area contributed by atoms with E-state index in [0.29, 0.717) is 17.2 Å².